The molecule has 0 unspecified atom stereocenters. The van der Waals surface area contributed by atoms with E-state index in [4.69, 9.17) is 0 Å². The number of aromatic amines is 1. The summed E-state index contributed by atoms with van der Waals surface area (Å²) in [6, 6.07) is 12.7. The summed E-state index contributed by atoms with van der Waals surface area (Å²) in [7, 11) is 0. The smallest absolute Gasteiger partial charge is 0.132 e. The molecule has 84 valence electrons. The number of hydrogen-bond donors (Lipinski definition) is 1. The third kappa shape index (κ3) is 1.69. The molecular formula is C14H9F2N. The Morgan fingerprint density at radius 1 is 0.882 bits per heavy atom. The molecule has 0 bridgehead atoms. The van der Waals surface area contributed by atoms with Gasteiger partial charge < -0.3 is 4.98 Å². The summed E-state index contributed by atoms with van der Waals surface area (Å²) in [5, 5.41) is 0.548. The Hall–Kier alpha value is -2.16. The summed E-state index contributed by atoms with van der Waals surface area (Å²) < 4.78 is 26.3. The SMILES string of the molecule is Fc1ccc(-c2cc3c(F)cccc3[nH]2)cc1. The van der Waals surface area contributed by atoms with Gasteiger partial charge in [-0.3, -0.25) is 0 Å². The van der Waals surface area contributed by atoms with Gasteiger partial charge in [-0.2, -0.15) is 0 Å². The second-order valence-corrected chi connectivity index (χ2v) is 3.89. The zero-order valence-corrected chi connectivity index (χ0v) is 8.87. The van der Waals surface area contributed by atoms with Gasteiger partial charge in [0.15, 0.2) is 0 Å². The van der Waals surface area contributed by atoms with Gasteiger partial charge in [0.05, 0.1) is 0 Å². The Kier molecular flexibility index (Phi) is 2.18. The lowest BCUT2D eigenvalue weighted by Crippen LogP contribution is -1.77. The molecule has 1 N–H and O–H groups in total. The second-order valence-electron chi connectivity index (χ2n) is 3.89. The Balaban J connectivity index is 2.18. The van der Waals surface area contributed by atoms with E-state index in [2.05, 4.69) is 4.98 Å². The van der Waals surface area contributed by atoms with Crippen LogP contribution in [-0.2, 0) is 0 Å². The van der Waals surface area contributed by atoms with E-state index in [1.165, 1.54) is 18.2 Å². The standard InChI is InChI=1S/C14H9F2N/c15-10-6-4-9(5-7-10)14-8-11-12(16)2-1-3-13(11)17-14/h1-8,17H. The van der Waals surface area contributed by atoms with E-state index < -0.39 is 0 Å². The van der Waals surface area contributed by atoms with Crippen LogP contribution in [-0.4, -0.2) is 4.98 Å². The Morgan fingerprint density at radius 3 is 2.35 bits per heavy atom. The largest absolute Gasteiger partial charge is 0.354 e. The van der Waals surface area contributed by atoms with Gasteiger partial charge in [-0.25, -0.2) is 8.78 Å². The highest BCUT2D eigenvalue weighted by molar-refractivity contribution is 5.86. The van der Waals surface area contributed by atoms with Crippen molar-refractivity contribution < 1.29 is 8.78 Å². The molecule has 0 saturated carbocycles. The molecule has 0 aliphatic heterocycles. The van der Waals surface area contributed by atoms with E-state index in [-0.39, 0.29) is 11.6 Å². The minimum atomic E-state index is -0.281. The van der Waals surface area contributed by atoms with Crippen molar-refractivity contribution >= 4 is 10.9 Å². The molecular weight excluding hydrogens is 220 g/mol. The Bertz CT molecular complexity index is 668. The first kappa shape index (κ1) is 10.0. The van der Waals surface area contributed by atoms with Crippen LogP contribution in [0.2, 0.25) is 0 Å². The number of fused-ring (bicyclic) bond motifs is 1. The molecule has 0 amide bonds. The average Bonchev–Trinajstić information content (AvgIpc) is 2.75. The number of H-pyrrole nitrogens is 1. The molecule has 3 aromatic rings. The number of benzene rings is 2. The first-order chi connectivity index (χ1) is 8.24. The summed E-state index contributed by atoms with van der Waals surface area (Å²) in [5.74, 6) is -0.539. The van der Waals surface area contributed by atoms with Crippen LogP contribution in [0.3, 0.4) is 0 Å². The van der Waals surface area contributed by atoms with Gasteiger partial charge in [0, 0.05) is 16.6 Å². The normalized spacial score (nSPS) is 10.9. The number of hydrogen-bond acceptors (Lipinski definition) is 0. The summed E-state index contributed by atoms with van der Waals surface area (Å²) in [5.41, 5.74) is 2.36. The first-order valence-electron chi connectivity index (χ1n) is 5.27. The third-order valence-electron chi connectivity index (χ3n) is 2.77. The van der Waals surface area contributed by atoms with Crippen LogP contribution in [0.4, 0.5) is 8.78 Å². The van der Waals surface area contributed by atoms with Crippen LogP contribution in [0.15, 0.2) is 48.5 Å². The Labute approximate surface area is 96.7 Å². The van der Waals surface area contributed by atoms with Gasteiger partial charge in [0.25, 0.3) is 0 Å². The predicted molar refractivity (Wildman–Crippen MR) is 63.7 cm³/mol. The zero-order chi connectivity index (χ0) is 11.8. The van der Waals surface area contributed by atoms with Crippen molar-refractivity contribution in [3.8, 4) is 11.3 Å². The fourth-order valence-electron chi connectivity index (χ4n) is 1.90. The van der Waals surface area contributed by atoms with Crippen molar-refractivity contribution in [2.45, 2.75) is 0 Å². The van der Waals surface area contributed by atoms with Crippen LogP contribution in [0.1, 0.15) is 0 Å². The minimum Gasteiger partial charge on any atom is -0.354 e. The van der Waals surface area contributed by atoms with Crippen LogP contribution in [0.25, 0.3) is 22.2 Å². The molecule has 3 rings (SSSR count). The molecule has 1 heterocycles. The summed E-state index contributed by atoms with van der Waals surface area (Å²) in [6.07, 6.45) is 0. The van der Waals surface area contributed by atoms with Gasteiger partial charge in [-0.05, 0) is 48.0 Å². The van der Waals surface area contributed by atoms with Crippen molar-refractivity contribution in [1.29, 1.82) is 0 Å². The lowest BCUT2D eigenvalue weighted by molar-refractivity contribution is 0.628. The Morgan fingerprint density at radius 2 is 1.65 bits per heavy atom. The monoisotopic (exact) mass is 229 g/mol. The van der Waals surface area contributed by atoms with E-state index in [0.29, 0.717) is 5.39 Å². The summed E-state index contributed by atoms with van der Waals surface area (Å²) in [4.78, 5) is 3.11. The van der Waals surface area contributed by atoms with Gasteiger partial charge in [0.1, 0.15) is 11.6 Å². The van der Waals surface area contributed by atoms with Gasteiger partial charge in [0.2, 0.25) is 0 Å². The molecule has 0 aliphatic rings. The lowest BCUT2D eigenvalue weighted by atomic mass is 10.1. The van der Waals surface area contributed by atoms with E-state index in [9.17, 15) is 8.78 Å². The maximum atomic E-state index is 13.5. The van der Waals surface area contributed by atoms with Crippen LogP contribution in [0, 0.1) is 11.6 Å². The van der Waals surface area contributed by atoms with Crippen LogP contribution >= 0.6 is 0 Å². The molecule has 1 aromatic heterocycles. The van der Waals surface area contributed by atoms with Crippen molar-refractivity contribution in [3.05, 3.63) is 60.2 Å². The molecule has 3 heteroatoms. The maximum absolute atomic E-state index is 13.5. The number of aromatic nitrogens is 1. The van der Waals surface area contributed by atoms with Gasteiger partial charge in [-0.15, -0.1) is 0 Å². The second kappa shape index (κ2) is 3.70. The molecule has 0 spiro atoms. The zero-order valence-electron chi connectivity index (χ0n) is 8.87. The fraction of sp³-hybridized carbons (Fsp3) is 0. The molecule has 17 heavy (non-hydrogen) atoms. The highest BCUT2D eigenvalue weighted by atomic mass is 19.1. The van der Waals surface area contributed by atoms with E-state index in [0.717, 1.165) is 16.8 Å². The summed E-state index contributed by atoms with van der Waals surface area (Å²) in [6.45, 7) is 0. The van der Waals surface area contributed by atoms with Crippen molar-refractivity contribution in [2.75, 3.05) is 0 Å². The lowest BCUT2D eigenvalue weighted by Gasteiger charge is -1.96. The quantitative estimate of drug-likeness (QED) is 0.646. The molecule has 0 atom stereocenters. The number of rotatable bonds is 1. The first-order valence-corrected chi connectivity index (χ1v) is 5.27. The van der Waals surface area contributed by atoms with Crippen molar-refractivity contribution in [2.24, 2.45) is 0 Å². The fourth-order valence-corrected chi connectivity index (χ4v) is 1.90. The van der Waals surface area contributed by atoms with E-state index >= 15 is 0 Å². The molecule has 0 aliphatic carbocycles. The van der Waals surface area contributed by atoms with E-state index in [1.807, 2.05) is 6.07 Å². The van der Waals surface area contributed by atoms with Crippen LogP contribution in [0.5, 0.6) is 0 Å². The van der Waals surface area contributed by atoms with Gasteiger partial charge in [-0.1, -0.05) is 6.07 Å². The average molecular weight is 229 g/mol. The minimum absolute atomic E-state index is 0.257. The molecule has 1 nitrogen and oxygen atoms in total. The third-order valence-corrected chi connectivity index (χ3v) is 2.77. The van der Waals surface area contributed by atoms with Crippen LogP contribution < -0.4 is 0 Å². The van der Waals surface area contributed by atoms with E-state index in [1.54, 1.807) is 24.3 Å². The topological polar surface area (TPSA) is 15.8 Å². The number of halogens is 2. The van der Waals surface area contributed by atoms with Crippen molar-refractivity contribution in [3.63, 3.8) is 0 Å². The predicted octanol–water partition coefficient (Wildman–Crippen LogP) is 4.11. The molecule has 0 fully saturated rings. The van der Waals surface area contributed by atoms with Crippen molar-refractivity contribution in [1.82, 2.24) is 4.98 Å². The maximum Gasteiger partial charge on any atom is 0.132 e. The summed E-state index contributed by atoms with van der Waals surface area (Å²) >= 11 is 0. The molecule has 0 radical (unpaired) electrons. The highest BCUT2D eigenvalue weighted by Gasteiger charge is 2.06. The highest BCUT2D eigenvalue weighted by Crippen LogP contribution is 2.25. The molecule has 0 saturated heterocycles. The van der Waals surface area contributed by atoms with Gasteiger partial charge >= 0.3 is 0 Å². The molecule has 2 aromatic carbocycles. The number of nitrogens with one attached hydrogen (secondary N) is 1.